The van der Waals surface area contributed by atoms with E-state index in [-0.39, 0.29) is 5.91 Å². The number of carbonyl (C=O) groups is 1. The van der Waals surface area contributed by atoms with Gasteiger partial charge in [-0.1, -0.05) is 5.16 Å². The molecule has 1 N–H and O–H groups in total. The minimum atomic E-state index is -0.633. The summed E-state index contributed by atoms with van der Waals surface area (Å²) in [7, 11) is 1.60. The van der Waals surface area contributed by atoms with Crippen LogP contribution in [0.25, 0.3) is 0 Å². The third-order valence-corrected chi connectivity index (χ3v) is 3.90. The molecule has 1 unspecified atom stereocenters. The van der Waals surface area contributed by atoms with E-state index in [2.05, 4.69) is 15.6 Å². The first-order valence-corrected chi connectivity index (χ1v) is 7.82. The van der Waals surface area contributed by atoms with Crippen molar-refractivity contribution < 1.29 is 14.4 Å². The summed E-state index contributed by atoms with van der Waals surface area (Å²) >= 11 is 0. The van der Waals surface area contributed by atoms with Crippen LogP contribution in [0.5, 0.6) is 5.75 Å². The van der Waals surface area contributed by atoms with E-state index in [9.17, 15) is 4.79 Å². The van der Waals surface area contributed by atoms with Crippen molar-refractivity contribution in [2.75, 3.05) is 12.4 Å². The van der Waals surface area contributed by atoms with Gasteiger partial charge >= 0.3 is 0 Å². The number of aryl methyl sites for hydroxylation is 2. The number of benzene rings is 1. The summed E-state index contributed by atoms with van der Waals surface area (Å²) < 4.78 is 6.94. The molecule has 24 heavy (non-hydrogen) atoms. The van der Waals surface area contributed by atoms with E-state index in [1.54, 1.807) is 31.4 Å². The highest BCUT2D eigenvalue weighted by Gasteiger charge is 2.30. The van der Waals surface area contributed by atoms with Gasteiger partial charge in [0.1, 0.15) is 5.75 Å². The summed E-state index contributed by atoms with van der Waals surface area (Å²) in [6.45, 7) is 4.74. The molecule has 0 aliphatic carbocycles. The normalized spacial score (nSPS) is 16.5. The number of carbonyl (C=O) groups excluding carboxylic acids is 1. The minimum Gasteiger partial charge on any atom is -0.497 e. The molecule has 0 fully saturated rings. The molecular formula is C17H20N4O3. The van der Waals surface area contributed by atoms with E-state index in [4.69, 9.17) is 9.57 Å². The van der Waals surface area contributed by atoms with E-state index in [1.807, 2.05) is 24.7 Å². The number of amides is 1. The Bertz CT molecular complexity index is 765. The molecule has 0 radical (unpaired) electrons. The average Bonchev–Trinajstić information content (AvgIpc) is 3.22. The third kappa shape index (κ3) is 3.24. The van der Waals surface area contributed by atoms with Gasteiger partial charge in [0.25, 0.3) is 5.91 Å². The van der Waals surface area contributed by atoms with Crippen molar-refractivity contribution in [3.05, 3.63) is 41.7 Å². The Kier molecular flexibility index (Phi) is 4.50. The van der Waals surface area contributed by atoms with Crippen LogP contribution in [0.1, 0.15) is 24.6 Å². The molecule has 3 rings (SSSR count). The molecule has 0 saturated heterocycles. The van der Waals surface area contributed by atoms with Crippen molar-refractivity contribution in [3.63, 3.8) is 0 Å². The summed E-state index contributed by atoms with van der Waals surface area (Å²) in [5.74, 6) is 0.513. The van der Waals surface area contributed by atoms with Crippen LogP contribution < -0.4 is 10.1 Å². The number of rotatable bonds is 5. The lowest BCUT2D eigenvalue weighted by atomic mass is 10.1. The minimum absolute atomic E-state index is 0.223. The maximum Gasteiger partial charge on any atom is 0.268 e. The lowest BCUT2D eigenvalue weighted by Gasteiger charge is -2.09. The van der Waals surface area contributed by atoms with Crippen LogP contribution in [0.2, 0.25) is 0 Å². The lowest BCUT2D eigenvalue weighted by Crippen LogP contribution is -2.28. The largest absolute Gasteiger partial charge is 0.497 e. The molecule has 1 atom stereocenters. The fourth-order valence-corrected chi connectivity index (χ4v) is 2.54. The van der Waals surface area contributed by atoms with Crippen LogP contribution in [0.15, 0.2) is 35.6 Å². The zero-order valence-electron chi connectivity index (χ0n) is 13.9. The molecule has 0 spiro atoms. The molecule has 126 valence electrons. The third-order valence-electron chi connectivity index (χ3n) is 3.90. The van der Waals surface area contributed by atoms with Crippen molar-refractivity contribution in [1.82, 2.24) is 9.78 Å². The second-order valence-electron chi connectivity index (χ2n) is 5.54. The van der Waals surface area contributed by atoms with Crippen LogP contribution in [0, 0.1) is 6.92 Å². The smallest absolute Gasteiger partial charge is 0.268 e. The quantitative estimate of drug-likeness (QED) is 0.914. The van der Waals surface area contributed by atoms with Crippen molar-refractivity contribution in [3.8, 4) is 5.75 Å². The Hall–Kier alpha value is -2.83. The molecular weight excluding hydrogens is 308 g/mol. The number of nitrogens with zero attached hydrogens (tertiary/aromatic N) is 3. The summed E-state index contributed by atoms with van der Waals surface area (Å²) in [6.07, 6.45) is 1.73. The van der Waals surface area contributed by atoms with Gasteiger partial charge in [0, 0.05) is 30.4 Å². The highest BCUT2D eigenvalue weighted by Crippen LogP contribution is 2.21. The molecule has 0 bridgehead atoms. The first-order chi connectivity index (χ1) is 11.6. The van der Waals surface area contributed by atoms with Gasteiger partial charge in [-0.3, -0.25) is 9.48 Å². The molecule has 0 saturated carbocycles. The van der Waals surface area contributed by atoms with Crippen molar-refractivity contribution in [2.24, 2.45) is 5.16 Å². The highest BCUT2D eigenvalue weighted by molar-refractivity contribution is 6.06. The van der Waals surface area contributed by atoms with Gasteiger partial charge in [-0.15, -0.1) is 0 Å². The predicted octanol–water partition coefficient (Wildman–Crippen LogP) is 2.35. The fraction of sp³-hybridized carbons (Fsp3) is 0.353. The Balaban J connectivity index is 1.63. The zero-order valence-corrected chi connectivity index (χ0v) is 13.9. The number of anilines is 1. The molecule has 1 amide bonds. The van der Waals surface area contributed by atoms with Gasteiger partial charge in [-0.2, -0.15) is 5.10 Å². The van der Waals surface area contributed by atoms with Gasteiger partial charge in [0.15, 0.2) is 0 Å². The maximum atomic E-state index is 12.3. The van der Waals surface area contributed by atoms with Crippen LogP contribution in [-0.2, 0) is 16.2 Å². The number of hydrogen-bond donors (Lipinski definition) is 1. The molecule has 2 heterocycles. The monoisotopic (exact) mass is 328 g/mol. The summed E-state index contributed by atoms with van der Waals surface area (Å²) in [5.41, 5.74) is 3.25. The van der Waals surface area contributed by atoms with Gasteiger partial charge in [-0.25, -0.2) is 0 Å². The Morgan fingerprint density at radius 3 is 2.79 bits per heavy atom. The summed E-state index contributed by atoms with van der Waals surface area (Å²) in [6, 6.07) is 7.14. The molecule has 1 aliphatic rings. The topological polar surface area (TPSA) is 77.7 Å². The summed E-state index contributed by atoms with van der Waals surface area (Å²) in [5, 5.41) is 11.3. The molecule has 1 aromatic heterocycles. The van der Waals surface area contributed by atoms with Gasteiger partial charge in [-0.05, 0) is 38.1 Å². The predicted molar refractivity (Wildman–Crippen MR) is 90.3 cm³/mol. The number of aromatic nitrogens is 2. The van der Waals surface area contributed by atoms with Gasteiger partial charge < -0.3 is 14.9 Å². The van der Waals surface area contributed by atoms with Gasteiger partial charge in [0.05, 0.1) is 18.5 Å². The Labute approximate surface area is 140 Å². The average molecular weight is 328 g/mol. The fourth-order valence-electron chi connectivity index (χ4n) is 2.54. The second-order valence-corrected chi connectivity index (χ2v) is 5.54. The van der Waals surface area contributed by atoms with Crippen LogP contribution in [-0.4, -0.2) is 34.6 Å². The first kappa shape index (κ1) is 16.0. The Morgan fingerprint density at radius 1 is 1.42 bits per heavy atom. The van der Waals surface area contributed by atoms with E-state index in [0.717, 1.165) is 29.3 Å². The number of ether oxygens (including phenoxy) is 1. The number of methoxy groups -OCH3 is 1. The maximum absolute atomic E-state index is 12.3. The number of oxime groups is 1. The summed E-state index contributed by atoms with van der Waals surface area (Å²) in [4.78, 5) is 17.6. The highest BCUT2D eigenvalue weighted by atomic mass is 16.6. The first-order valence-electron chi connectivity index (χ1n) is 7.82. The standard InChI is InChI=1S/C17H20N4O3/c1-4-21-10-14(11(2)19-21)15-9-16(24-20-15)17(22)18-12-5-7-13(23-3)8-6-12/h5-8,10,16H,4,9H2,1-3H3,(H,18,22). The lowest BCUT2D eigenvalue weighted by molar-refractivity contribution is -0.125. The van der Waals surface area contributed by atoms with Crippen LogP contribution in [0.4, 0.5) is 5.69 Å². The Morgan fingerprint density at radius 2 is 2.17 bits per heavy atom. The van der Waals surface area contributed by atoms with Crippen molar-refractivity contribution in [2.45, 2.75) is 32.9 Å². The van der Waals surface area contributed by atoms with Gasteiger partial charge in [0.2, 0.25) is 6.10 Å². The van der Waals surface area contributed by atoms with E-state index < -0.39 is 6.10 Å². The molecule has 1 aromatic carbocycles. The van der Waals surface area contributed by atoms with Crippen molar-refractivity contribution >= 4 is 17.3 Å². The molecule has 7 heteroatoms. The molecule has 7 nitrogen and oxygen atoms in total. The zero-order chi connectivity index (χ0) is 17.1. The number of nitrogens with one attached hydrogen (secondary N) is 1. The number of hydrogen-bond acceptors (Lipinski definition) is 5. The van der Waals surface area contributed by atoms with E-state index >= 15 is 0 Å². The molecule has 2 aromatic rings. The SMILES string of the molecule is CCn1cc(C2=NOC(C(=O)Nc3ccc(OC)cc3)C2)c(C)n1. The van der Waals surface area contributed by atoms with Crippen LogP contribution in [0.3, 0.4) is 0 Å². The van der Waals surface area contributed by atoms with E-state index in [1.165, 1.54) is 0 Å². The van der Waals surface area contributed by atoms with Crippen LogP contribution >= 0.6 is 0 Å². The van der Waals surface area contributed by atoms with Crippen molar-refractivity contribution in [1.29, 1.82) is 0 Å². The van der Waals surface area contributed by atoms with E-state index in [0.29, 0.717) is 12.1 Å². The second kappa shape index (κ2) is 6.74. The molecule has 1 aliphatic heterocycles.